The summed E-state index contributed by atoms with van der Waals surface area (Å²) < 4.78 is 10.5. The summed E-state index contributed by atoms with van der Waals surface area (Å²) in [5, 5.41) is 7.23. The second-order valence-corrected chi connectivity index (χ2v) is 5.78. The highest BCUT2D eigenvalue weighted by Crippen LogP contribution is 2.19. The summed E-state index contributed by atoms with van der Waals surface area (Å²) in [4.78, 5) is 16.1. The van der Waals surface area contributed by atoms with Gasteiger partial charge in [-0.05, 0) is 36.8 Å². The van der Waals surface area contributed by atoms with Gasteiger partial charge in [-0.1, -0.05) is 41.0 Å². The third-order valence-electron chi connectivity index (χ3n) is 3.47. The molecule has 7 heteroatoms. The fraction of sp³-hybridized carbons (Fsp3) is 0.167. The summed E-state index contributed by atoms with van der Waals surface area (Å²) in [6.45, 7) is 2.00. The van der Waals surface area contributed by atoms with Crippen LogP contribution in [0.1, 0.15) is 11.5 Å². The fourth-order valence-corrected chi connectivity index (χ4v) is 2.29. The maximum atomic E-state index is 11.8. The first-order valence-corrected chi connectivity index (χ1v) is 8.03. The van der Waals surface area contributed by atoms with Crippen molar-refractivity contribution in [2.24, 2.45) is 0 Å². The van der Waals surface area contributed by atoms with Crippen LogP contribution >= 0.6 is 11.6 Å². The molecule has 0 aliphatic carbocycles. The van der Waals surface area contributed by atoms with Crippen LogP contribution < -0.4 is 10.1 Å². The van der Waals surface area contributed by atoms with Gasteiger partial charge >= 0.3 is 0 Å². The number of ether oxygens (including phenoxy) is 1. The Hall–Kier alpha value is -2.86. The van der Waals surface area contributed by atoms with E-state index in [1.807, 2.05) is 31.2 Å². The topological polar surface area (TPSA) is 77.2 Å². The largest absolute Gasteiger partial charge is 0.484 e. The van der Waals surface area contributed by atoms with Gasteiger partial charge in [-0.15, -0.1) is 0 Å². The van der Waals surface area contributed by atoms with E-state index in [0.29, 0.717) is 22.5 Å². The number of benzene rings is 2. The molecule has 25 heavy (non-hydrogen) atoms. The predicted molar refractivity (Wildman–Crippen MR) is 93.3 cm³/mol. The molecule has 0 fully saturated rings. The third kappa shape index (κ3) is 4.58. The normalized spacial score (nSPS) is 10.5. The molecule has 3 rings (SSSR count). The van der Waals surface area contributed by atoms with Crippen molar-refractivity contribution in [3.05, 3.63) is 65.0 Å². The predicted octanol–water partition coefficient (Wildman–Crippen LogP) is 3.39. The molecule has 0 aliphatic heterocycles. The SMILES string of the molecule is Cc1ccccc1-c1noc(CNC(=O)COc2ccc(Cl)cc2)n1. The molecule has 3 aromatic rings. The summed E-state index contributed by atoms with van der Waals surface area (Å²) in [6, 6.07) is 14.5. The second-order valence-electron chi connectivity index (χ2n) is 5.35. The lowest BCUT2D eigenvalue weighted by Crippen LogP contribution is -2.28. The lowest BCUT2D eigenvalue weighted by atomic mass is 10.1. The Morgan fingerprint density at radius 2 is 1.96 bits per heavy atom. The molecule has 128 valence electrons. The van der Waals surface area contributed by atoms with Gasteiger partial charge < -0.3 is 14.6 Å². The first kappa shape index (κ1) is 17.0. The van der Waals surface area contributed by atoms with E-state index >= 15 is 0 Å². The number of aromatic nitrogens is 2. The van der Waals surface area contributed by atoms with Crippen LogP contribution in [0.5, 0.6) is 5.75 Å². The summed E-state index contributed by atoms with van der Waals surface area (Å²) in [5.41, 5.74) is 1.95. The Morgan fingerprint density at radius 1 is 1.20 bits per heavy atom. The second kappa shape index (κ2) is 7.81. The maximum Gasteiger partial charge on any atom is 0.258 e. The Labute approximate surface area is 149 Å². The van der Waals surface area contributed by atoms with Gasteiger partial charge in [-0.3, -0.25) is 4.79 Å². The number of rotatable bonds is 6. The maximum absolute atomic E-state index is 11.8. The Kier molecular flexibility index (Phi) is 5.30. The van der Waals surface area contributed by atoms with Crippen LogP contribution in [0.25, 0.3) is 11.4 Å². The van der Waals surface area contributed by atoms with Crippen LogP contribution in [-0.4, -0.2) is 22.7 Å². The molecule has 0 radical (unpaired) electrons. The molecule has 0 spiro atoms. The van der Waals surface area contributed by atoms with Crippen molar-refractivity contribution >= 4 is 17.5 Å². The molecule has 6 nitrogen and oxygen atoms in total. The highest BCUT2D eigenvalue weighted by atomic mass is 35.5. The minimum atomic E-state index is -0.286. The monoisotopic (exact) mass is 357 g/mol. The van der Waals surface area contributed by atoms with Crippen molar-refractivity contribution in [1.82, 2.24) is 15.5 Å². The van der Waals surface area contributed by atoms with E-state index in [9.17, 15) is 4.79 Å². The first-order valence-electron chi connectivity index (χ1n) is 7.65. The van der Waals surface area contributed by atoms with Crippen molar-refractivity contribution in [1.29, 1.82) is 0 Å². The third-order valence-corrected chi connectivity index (χ3v) is 3.73. The van der Waals surface area contributed by atoms with Crippen molar-refractivity contribution in [3.8, 4) is 17.1 Å². The lowest BCUT2D eigenvalue weighted by molar-refractivity contribution is -0.123. The Morgan fingerprint density at radius 3 is 2.72 bits per heavy atom. The van der Waals surface area contributed by atoms with Crippen LogP contribution in [0, 0.1) is 6.92 Å². The summed E-state index contributed by atoms with van der Waals surface area (Å²) in [6.07, 6.45) is 0. The van der Waals surface area contributed by atoms with E-state index in [-0.39, 0.29) is 19.1 Å². The smallest absolute Gasteiger partial charge is 0.258 e. The molecule has 0 saturated heterocycles. The number of carbonyl (C=O) groups excluding carboxylic acids is 1. The molecule has 2 aromatic carbocycles. The van der Waals surface area contributed by atoms with Crippen molar-refractivity contribution < 1.29 is 14.1 Å². The van der Waals surface area contributed by atoms with Gasteiger partial charge in [-0.2, -0.15) is 4.98 Å². The number of halogens is 1. The minimum Gasteiger partial charge on any atom is -0.484 e. The number of aryl methyl sites for hydroxylation is 1. The van der Waals surface area contributed by atoms with Crippen LogP contribution in [-0.2, 0) is 11.3 Å². The van der Waals surface area contributed by atoms with E-state index in [1.165, 1.54) is 0 Å². The molecule has 0 unspecified atom stereocenters. The number of nitrogens with zero attached hydrogens (tertiary/aromatic N) is 2. The highest BCUT2D eigenvalue weighted by molar-refractivity contribution is 6.30. The Balaban J connectivity index is 1.51. The number of hydrogen-bond acceptors (Lipinski definition) is 5. The average molecular weight is 358 g/mol. The van der Waals surface area contributed by atoms with Crippen molar-refractivity contribution in [2.75, 3.05) is 6.61 Å². The van der Waals surface area contributed by atoms with Crippen LogP contribution in [0.4, 0.5) is 0 Å². The van der Waals surface area contributed by atoms with Crippen molar-refractivity contribution in [2.45, 2.75) is 13.5 Å². The Bertz CT molecular complexity index is 862. The lowest BCUT2D eigenvalue weighted by Gasteiger charge is -2.06. The molecule has 1 aromatic heterocycles. The molecule has 1 heterocycles. The molecule has 1 N–H and O–H groups in total. The quantitative estimate of drug-likeness (QED) is 0.731. The molecule has 0 saturated carbocycles. The zero-order valence-electron chi connectivity index (χ0n) is 13.5. The number of hydrogen-bond donors (Lipinski definition) is 1. The highest BCUT2D eigenvalue weighted by Gasteiger charge is 2.11. The fourth-order valence-electron chi connectivity index (χ4n) is 2.16. The van der Waals surface area contributed by atoms with E-state index in [2.05, 4.69) is 15.5 Å². The van der Waals surface area contributed by atoms with Gasteiger partial charge in [0.05, 0.1) is 6.54 Å². The zero-order valence-corrected chi connectivity index (χ0v) is 14.3. The van der Waals surface area contributed by atoms with E-state index in [1.54, 1.807) is 24.3 Å². The van der Waals surface area contributed by atoms with Gasteiger partial charge in [0.15, 0.2) is 6.61 Å². The number of amides is 1. The molecule has 0 aliphatic rings. The zero-order chi connectivity index (χ0) is 17.6. The van der Waals surface area contributed by atoms with E-state index in [0.717, 1.165) is 11.1 Å². The van der Waals surface area contributed by atoms with Gasteiger partial charge in [0.1, 0.15) is 5.75 Å². The summed E-state index contributed by atoms with van der Waals surface area (Å²) in [7, 11) is 0. The van der Waals surface area contributed by atoms with Gasteiger partial charge in [0, 0.05) is 10.6 Å². The minimum absolute atomic E-state index is 0.111. The van der Waals surface area contributed by atoms with E-state index in [4.69, 9.17) is 20.9 Å². The molecule has 0 bridgehead atoms. The number of nitrogens with one attached hydrogen (secondary N) is 1. The molecular formula is C18H16ClN3O3. The van der Waals surface area contributed by atoms with Crippen molar-refractivity contribution in [3.63, 3.8) is 0 Å². The summed E-state index contributed by atoms with van der Waals surface area (Å²) >= 11 is 5.79. The van der Waals surface area contributed by atoms with Crippen LogP contribution in [0.3, 0.4) is 0 Å². The van der Waals surface area contributed by atoms with Gasteiger partial charge in [0.2, 0.25) is 11.7 Å². The van der Waals surface area contributed by atoms with Crippen LogP contribution in [0.15, 0.2) is 53.1 Å². The summed E-state index contributed by atoms with van der Waals surface area (Å²) in [5.74, 6) is 1.11. The average Bonchev–Trinajstić information content (AvgIpc) is 3.08. The molecular weight excluding hydrogens is 342 g/mol. The molecule has 0 atom stereocenters. The van der Waals surface area contributed by atoms with Gasteiger partial charge in [-0.25, -0.2) is 0 Å². The van der Waals surface area contributed by atoms with Crippen LogP contribution in [0.2, 0.25) is 5.02 Å². The number of carbonyl (C=O) groups is 1. The first-order chi connectivity index (χ1) is 12.1. The molecule has 1 amide bonds. The van der Waals surface area contributed by atoms with E-state index < -0.39 is 0 Å². The van der Waals surface area contributed by atoms with Gasteiger partial charge in [0.25, 0.3) is 5.91 Å². The standard InChI is InChI=1S/C18H16ClN3O3/c1-12-4-2-3-5-15(12)18-21-17(25-22-18)10-20-16(23)11-24-14-8-6-13(19)7-9-14/h2-9H,10-11H2,1H3,(H,20,23).